The van der Waals surface area contributed by atoms with Crippen molar-refractivity contribution in [2.75, 3.05) is 0 Å². The average molecular weight is 273 g/mol. The molecular formula is C17H20FNO. The zero-order valence-electron chi connectivity index (χ0n) is 12.1. The molecule has 0 spiro atoms. The number of rotatable bonds is 4. The van der Waals surface area contributed by atoms with Gasteiger partial charge in [-0.3, -0.25) is 0 Å². The molecule has 0 saturated heterocycles. The van der Waals surface area contributed by atoms with E-state index < -0.39 is 6.04 Å². The molecule has 0 aromatic heterocycles. The summed E-state index contributed by atoms with van der Waals surface area (Å²) in [6, 6.07) is 12.0. The number of hydrogen-bond donors (Lipinski definition) is 1. The summed E-state index contributed by atoms with van der Waals surface area (Å²) < 4.78 is 19.4. The predicted octanol–water partition coefficient (Wildman–Crippen LogP) is 3.97. The third-order valence-corrected chi connectivity index (χ3v) is 3.10. The molecular weight excluding hydrogens is 253 g/mol. The second kappa shape index (κ2) is 6.06. The lowest BCUT2D eigenvalue weighted by Crippen LogP contribution is -2.14. The highest BCUT2D eigenvalue weighted by molar-refractivity contribution is 5.37. The SMILES string of the molecule is Cc1ccc(F)c(C(N)c2ccc(OC(C)C)cc2)c1. The highest BCUT2D eigenvalue weighted by Crippen LogP contribution is 2.25. The van der Waals surface area contributed by atoms with Crippen LogP contribution in [0, 0.1) is 12.7 Å². The molecule has 2 aromatic rings. The van der Waals surface area contributed by atoms with Crippen LogP contribution in [0.5, 0.6) is 5.75 Å². The van der Waals surface area contributed by atoms with Gasteiger partial charge in [0.2, 0.25) is 0 Å². The minimum atomic E-state index is -0.469. The molecule has 0 heterocycles. The van der Waals surface area contributed by atoms with Gasteiger partial charge in [0.1, 0.15) is 11.6 Å². The Bertz CT molecular complexity index is 578. The fourth-order valence-electron chi connectivity index (χ4n) is 2.11. The van der Waals surface area contributed by atoms with E-state index in [1.807, 2.05) is 45.0 Å². The number of aryl methyl sites for hydroxylation is 1. The fourth-order valence-corrected chi connectivity index (χ4v) is 2.11. The second-order valence-electron chi connectivity index (χ2n) is 5.24. The minimum Gasteiger partial charge on any atom is -0.491 e. The van der Waals surface area contributed by atoms with Crippen molar-refractivity contribution < 1.29 is 9.13 Å². The monoisotopic (exact) mass is 273 g/mol. The number of benzene rings is 2. The van der Waals surface area contributed by atoms with Gasteiger partial charge in [-0.05, 0) is 44.5 Å². The second-order valence-corrected chi connectivity index (χ2v) is 5.24. The van der Waals surface area contributed by atoms with Crippen LogP contribution in [-0.4, -0.2) is 6.10 Å². The van der Waals surface area contributed by atoms with Crippen LogP contribution in [0.15, 0.2) is 42.5 Å². The van der Waals surface area contributed by atoms with Gasteiger partial charge in [-0.2, -0.15) is 0 Å². The first-order chi connectivity index (χ1) is 9.47. The maximum absolute atomic E-state index is 13.9. The summed E-state index contributed by atoms with van der Waals surface area (Å²) in [6.07, 6.45) is 0.128. The van der Waals surface area contributed by atoms with E-state index in [1.54, 1.807) is 12.1 Å². The van der Waals surface area contributed by atoms with Gasteiger partial charge in [-0.25, -0.2) is 4.39 Å². The summed E-state index contributed by atoms with van der Waals surface area (Å²) >= 11 is 0. The van der Waals surface area contributed by atoms with Gasteiger partial charge < -0.3 is 10.5 Å². The number of nitrogens with two attached hydrogens (primary N) is 1. The van der Waals surface area contributed by atoms with Crippen LogP contribution in [0.25, 0.3) is 0 Å². The molecule has 1 atom stereocenters. The molecule has 2 aromatic carbocycles. The molecule has 0 aliphatic heterocycles. The summed E-state index contributed by atoms with van der Waals surface area (Å²) in [5.41, 5.74) is 8.54. The number of hydrogen-bond acceptors (Lipinski definition) is 2. The molecule has 0 saturated carbocycles. The topological polar surface area (TPSA) is 35.2 Å². The van der Waals surface area contributed by atoms with E-state index in [2.05, 4.69) is 0 Å². The van der Waals surface area contributed by atoms with E-state index in [0.717, 1.165) is 16.9 Å². The first-order valence-electron chi connectivity index (χ1n) is 6.75. The van der Waals surface area contributed by atoms with Crippen molar-refractivity contribution in [3.63, 3.8) is 0 Å². The third kappa shape index (κ3) is 3.36. The maximum Gasteiger partial charge on any atom is 0.128 e. The summed E-state index contributed by atoms with van der Waals surface area (Å²) in [5, 5.41) is 0. The quantitative estimate of drug-likeness (QED) is 0.914. The highest BCUT2D eigenvalue weighted by atomic mass is 19.1. The van der Waals surface area contributed by atoms with Gasteiger partial charge in [0.15, 0.2) is 0 Å². The van der Waals surface area contributed by atoms with Crippen molar-refractivity contribution in [2.24, 2.45) is 5.73 Å². The van der Waals surface area contributed by atoms with Gasteiger partial charge >= 0.3 is 0 Å². The van der Waals surface area contributed by atoms with Crippen LogP contribution in [0.1, 0.15) is 36.6 Å². The van der Waals surface area contributed by atoms with E-state index in [0.29, 0.717) is 5.56 Å². The van der Waals surface area contributed by atoms with Crippen LogP contribution in [-0.2, 0) is 0 Å². The van der Waals surface area contributed by atoms with E-state index in [-0.39, 0.29) is 11.9 Å². The summed E-state index contributed by atoms with van der Waals surface area (Å²) in [4.78, 5) is 0. The number of ether oxygens (including phenoxy) is 1. The van der Waals surface area contributed by atoms with Crippen LogP contribution in [0.4, 0.5) is 4.39 Å². The Labute approximate surface area is 119 Å². The average Bonchev–Trinajstić information content (AvgIpc) is 2.41. The molecule has 2 rings (SSSR count). The Morgan fingerprint density at radius 2 is 1.70 bits per heavy atom. The Morgan fingerprint density at radius 1 is 1.05 bits per heavy atom. The van der Waals surface area contributed by atoms with Crippen molar-refractivity contribution >= 4 is 0 Å². The van der Waals surface area contributed by atoms with Crippen molar-refractivity contribution in [3.8, 4) is 5.75 Å². The van der Waals surface area contributed by atoms with Crippen LogP contribution in [0.2, 0.25) is 0 Å². The van der Waals surface area contributed by atoms with E-state index in [4.69, 9.17) is 10.5 Å². The van der Waals surface area contributed by atoms with Gasteiger partial charge in [-0.15, -0.1) is 0 Å². The van der Waals surface area contributed by atoms with E-state index in [9.17, 15) is 4.39 Å². The summed E-state index contributed by atoms with van der Waals surface area (Å²) in [7, 11) is 0. The molecule has 0 fully saturated rings. The van der Waals surface area contributed by atoms with Crippen molar-refractivity contribution in [2.45, 2.75) is 32.9 Å². The smallest absolute Gasteiger partial charge is 0.128 e. The normalized spacial score (nSPS) is 12.5. The first-order valence-corrected chi connectivity index (χ1v) is 6.75. The zero-order valence-corrected chi connectivity index (χ0v) is 12.1. The zero-order chi connectivity index (χ0) is 14.7. The van der Waals surface area contributed by atoms with Gasteiger partial charge in [0.25, 0.3) is 0 Å². The predicted molar refractivity (Wildman–Crippen MR) is 79.4 cm³/mol. The Balaban J connectivity index is 2.24. The van der Waals surface area contributed by atoms with Gasteiger partial charge in [0, 0.05) is 5.56 Å². The largest absolute Gasteiger partial charge is 0.491 e. The first kappa shape index (κ1) is 14.5. The number of halogens is 1. The maximum atomic E-state index is 13.9. The van der Waals surface area contributed by atoms with Crippen LogP contribution in [0.3, 0.4) is 0 Å². The molecule has 106 valence electrons. The standard InChI is InChI=1S/C17H20FNO/c1-11(2)20-14-7-5-13(6-8-14)17(19)15-10-12(3)4-9-16(15)18/h4-11,17H,19H2,1-3H3. The van der Waals surface area contributed by atoms with Crippen molar-refractivity contribution in [3.05, 3.63) is 65.0 Å². The van der Waals surface area contributed by atoms with Crippen molar-refractivity contribution in [1.82, 2.24) is 0 Å². The summed E-state index contributed by atoms with van der Waals surface area (Å²) in [5.74, 6) is 0.520. The van der Waals surface area contributed by atoms with Gasteiger partial charge in [-0.1, -0.05) is 29.8 Å². The van der Waals surface area contributed by atoms with Crippen LogP contribution >= 0.6 is 0 Å². The molecule has 0 radical (unpaired) electrons. The molecule has 0 aliphatic carbocycles. The Kier molecular flexibility index (Phi) is 4.40. The van der Waals surface area contributed by atoms with Crippen LogP contribution < -0.4 is 10.5 Å². The molecule has 0 aliphatic rings. The molecule has 3 heteroatoms. The lowest BCUT2D eigenvalue weighted by molar-refractivity contribution is 0.242. The molecule has 0 bridgehead atoms. The fraction of sp³-hybridized carbons (Fsp3) is 0.294. The minimum absolute atomic E-state index is 0.128. The summed E-state index contributed by atoms with van der Waals surface area (Å²) in [6.45, 7) is 5.87. The third-order valence-electron chi connectivity index (χ3n) is 3.10. The highest BCUT2D eigenvalue weighted by Gasteiger charge is 2.14. The Morgan fingerprint density at radius 3 is 2.30 bits per heavy atom. The molecule has 2 nitrogen and oxygen atoms in total. The molecule has 20 heavy (non-hydrogen) atoms. The van der Waals surface area contributed by atoms with E-state index in [1.165, 1.54) is 6.07 Å². The Hall–Kier alpha value is -1.87. The lowest BCUT2D eigenvalue weighted by Gasteiger charge is -2.15. The molecule has 2 N–H and O–H groups in total. The van der Waals surface area contributed by atoms with Crippen molar-refractivity contribution in [1.29, 1.82) is 0 Å². The molecule has 1 unspecified atom stereocenters. The van der Waals surface area contributed by atoms with E-state index >= 15 is 0 Å². The lowest BCUT2D eigenvalue weighted by atomic mass is 9.97. The molecule has 0 amide bonds. The van der Waals surface area contributed by atoms with Gasteiger partial charge in [0.05, 0.1) is 12.1 Å².